The maximum Gasteiger partial charge on any atom is 0.410 e. The predicted molar refractivity (Wildman–Crippen MR) is 78.9 cm³/mol. The van der Waals surface area contributed by atoms with Crippen molar-refractivity contribution in [2.24, 2.45) is 0 Å². The van der Waals surface area contributed by atoms with Crippen molar-refractivity contribution < 1.29 is 73.1 Å². The van der Waals surface area contributed by atoms with Gasteiger partial charge < -0.3 is 0 Å². The molecule has 18 heteroatoms. The van der Waals surface area contributed by atoms with Gasteiger partial charge in [0.05, 0.1) is 0 Å². The highest BCUT2D eigenvalue weighted by Gasteiger charge is 3.19. The van der Waals surface area contributed by atoms with Crippen molar-refractivity contribution in [2.75, 3.05) is 0 Å². The van der Waals surface area contributed by atoms with Gasteiger partial charge in [-0.3, -0.25) is 0 Å². The van der Waals surface area contributed by atoms with Crippen molar-refractivity contribution in [3.05, 3.63) is 0 Å². The van der Waals surface area contributed by atoms with Crippen LogP contribution in [0.3, 0.4) is 0 Å². The third-order valence-corrected chi connectivity index (χ3v) is 9.20. The summed E-state index contributed by atoms with van der Waals surface area (Å²) in [6.07, 6.45) is -15.8. The first-order chi connectivity index (χ1) is 13.7. The Morgan fingerprint density at radius 1 is 0.594 bits per heavy atom. The van der Waals surface area contributed by atoms with E-state index in [0.717, 1.165) is 0 Å². The average Bonchev–Trinajstić information content (AvgIpc) is 2.61. The van der Waals surface area contributed by atoms with Crippen molar-refractivity contribution in [3.8, 4) is 0 Å². The molecular weight excluding hydrogens is 523 g/mol. The SMILES string of the molecule is FC(CCCCCCCC(F)(F)F)C(F)(F)S1(F)(F)(F)C(F)(F)C(F)(F)C(F)(F)C1(F)F. The highest BCUT2D eigenvalue weighted by atomic mass is 32.4. The Hall–Kier alpha value is -0.840. The monoisotopic (exact) mass is 538 g/mol. The molecule has 0 aliphatic carbocycles. The van der Waals surface area contributed by atoms with E-state index in [9.17, 15) is 73.1 Å². The standard InChI is InChI=1S/C14H15F17S/c15-8(6-4-2-1-3-5-7-9(16,17)18)10(19,20)32(29,30,31)13(25,26)11(21,22)12(23,24)14(32,27)28/h8H,1-7H2. The summed E-state index contributed by atoms with van der Waals surface area (Å²) in [5.74, 6) is -16.0. The summed E-state index contributed by atoms with van der Waals surface area (Å²) in [6, 6.07) is 0. The Morgan fingerprint density at radius 3 is 1.31 bits per heavy atom. The van der Waals surface area contributed by atoms with E-state index >= 15 is 0 Å². The first-order valence-electron chi connectivity index (χ1n) is 8.55. The van der Waals surface area contributed by atoms with E-state index in [-0.39, 0.29) is 12.8 Å². The summed E-state index contributed by atoms with van der Waals surface area (Å²) < 4.78 is 226. The molecule has 32 heavy (non-hydrogen) atoms. The Morgan fingerprint density at radius 2 is 0.938 bits per heavy atom. The van der Waals surface area contributed by atoms with Gasteiger partial charge in [0, 0.05) is 6.42 Å². The van der Waals surface area contributed by atoms with Crippen LogP contribution in [0, 0.1) is 0 Å². The van der Waals surface area contributed by atoms with Crippen LogP contribution in [-0.4, -0.2) is 40.0 Å². The maximum atomic E-state index is 14.3. The molecule has 1 rings (SSSR count). The van der Waals surface area contributed by atoms with Crippen LogP contribution in [0.2, 0.25) is 0 Å². The topological polar surface area (TPSA) is 0 Å². The van der Waals surface area contributed by atoms with Crippen LogP contribution in [0.4, 0.5) is 73.1 Å². The second-order valence-corrected chi connectivity index (χ2v) is 11.2. The lowest BCUT2D eigenvalue weighted by Crippen LogP contribution is -2.62. The average molecular weight is 538 g/mol. The summed E-state index contributed by atoms with van der Waals surface area (Å²) in [5, 5.41) is -25.3. The highest BCUT2D eigenvalue weighted by molar-refractivity contribution is 8.56. The molecule has 0 bridgehead atoms. The maximum absolute atomic E-state index is 14.3. The highest BCUT2D eigenvalue weighted by Crippen LogP contribution is 3.18. The molecule has 0 N–H and O–H groups in total. The number of unbranched alkanes of at least 4 members (excludes halogenated alkanes) is 4. The third-order valence-electron chi connectivity index (χ3n) is 5.08. The minimum Gasteiger partial charge on any atom is -0.240 e. The zero-order valence-electron chi connectivity index (χ0n) is 15.4. The van der Waals surface area contributed by atoms with Crippen molar-refractivity contribution >= 4 is 9.45 Å². The van der Waals surface area contributed by atoms with Gasteiger partial charge in [-0.15, -0.1) is 11.7 Å². The molecule has 1 aliphatic heterocycles. The molecule has 1 heterocycles. The minimum atomic E-state index is -13.2. The van der Waals surface area contributed by atoms with Crippen LogP contribution >= 0.6 is 9.45 Å². The van der Waals surface area contributed by atoms with Gasteiger partial charge in [-0.2, -0.15) is 57.1 Å². The van der Waals surface area contributed by atoms with E-state index in [1.165, 1.54) is 0 Å². The molecule has 0 saturated carbocycles. The lowest BCUT2D eigenvalue weighted by atomic mass is 10.1. The normalized spacial score (nSPS) is 29.9. The molecule has 0 nitrogen and oxygen atoms in total. The Labute approximate surface area is 168 Å². The first kappa shape index (κ1) is 29.2. The zero-order valence-corrected chi connectivity index (χ0v) is 16.2. The van der Waals surface area contributed by atoms with E-state index in [1.807, 2.05) is 0 Å². The fraction of sp³-hybridized carbons (Fsp3) is 1.00. The van der Waals surface area contributed by atoms with Gasteiger partial charge in [0.25, 0.3) is 0 Å². The van der Waals surface area contributed by atoms with Crippen LogP contribution in [0.5, 0.6) is 0 Å². The summed E-state index contributed by atoms with van der Waals surface area (Å²) >= 11 is 0. The number of alkyl halides is 14. The largest absolute Gasteiger partial charge is 0.410 e. The molecule has 196 valence electrons. The van der Waals surface area contributed by atoms with Crippen LogP contribution in [0.15, 0.2) is 0 Å². The molecule has 0 spiro atoms. The van der Waals surface area contributed by atoms with Crippen LogP contribution < -0.4 is 0 Å². The second-order valence-electron chi connectivity index (χ2n) is 7.31. The summed E-state index contributed by atoms with van der Waals surface area (Å²) in [6.45, 7) is 0. The van der Waals surface area contributed by atoms with Crippen molar-refractivity contribution in [3.63, 3.8) is 0 Å². The quantitative estimate of drug-likeness (QED) is 0.203. The minimum absolute atomic E-state index is 0.281. The van der Waals surface area contributed by atoms with Gasteiger partial charge in [-0.25, -0.2) is 4.39 Å². The van der Waals surface area contributed by atoms with Gasteiger partial charge in [0.15, 0.2) is 6.17 Å². The second kappa shape index (κ2) is 7.09. The molecule has 1 saturated heterocycles. The summed E-state index contributed by atoms with van der Waals surface area (Å²) in [5.41, 5.74) is 0. The smallest absolute Gasteiger partial charge is 0.240 e. The molecule has 1 fully saturated rings. The molecule has 0 radical (unpaired) electrons. The molecule has 0 amide bonds. The number of rotatable bonds is 9. The van der Waals surface area contributed by atoms with Gasteiger partial charge in [-0.05, 0) is 12.8 Å². The van der Waals surface area contributed by atoms with E-state index < -0.39 is 81.5 Å². The van der Waals surface area contributed by atoms with Gasteiger partial charge in [-0.1, -0.05) is 25.7 Å². The van der Waals surface area contributed by atoms with Crippen molar-refractivity contribution in [1.82, 2.24) is 0 Å². The molecule has 0 aromatic carbocycles. The molecule has 1 unspecified atom stereocenters. The number of halogens is 17. The Bertz CT molecular complexity index is 680. The molecule has 0 aromatic heterocycles. The Kier molecular flexibility index (Phi) is 6.46. The lowest BCUT2D eigenvalue weighted by molar-refractivity contribution is -0.303. The van der Waals surface area contributed by atoms with Crippen LogP contribution in [-0.2, 0) is 0 Å². The van der Waals surface area contributed by atoms with Crippen molar-refractivity contribution in [2.45, 2.75) is 84.9 Å². The van der Waals surface area contributed by atoms with E-state index in [0.29, 0.717) is 0 Å². The number of hydrogen-bond acceptors (Lipinski definition) is 0. The third kappa shape index (κ3) is 2.98. The van der Waals surface area contributed by atoms with Crippen LogP contribution in [0.25, 0.3) is 0 Å². The molecule has 1 aliphatic rings. The fourth-order valence-corrected chi connectivity index (χ4v) is 6.06. The van der Waals surface area contributed by atoms with Gasteiger partial charge in [0.1, 0.15) is 0 Å². The van der Waals surface area contributed by atoms with E-state index in [4.69, 9.17) is 0 Å². The van der Waals surface area contributed by atoms with E-state index in [2.05, 4.69) is 0 Å². The molecular formula is C14H15F17S. The van der Waals surface area contributed by atoms with Gasteiger partial charge >= 0.3 is 33.8 Å². The first-order valence-corrected chi connectivity index (χ1v) is 10.7. The Balaban J connectivity index is 3.17. The summed E-state index contributed by atoms with van der Waals surface area (Å²) in [7, 11) is -13.2. The molecule has 1 atom stereocenters. The number of hydrogen-bond donors (Lipinski definition) is 0. The van der Waals surface area contributed by atoms with E-state index in [1.54, 1.807) is 0 Å². The summed E-state index contributed by atoms with van der Waals surface area (Å²) in [4.78, 5) is 0. The predicted octanol–water partition coefficient (Wildman–Crippen LogP) is 9.21. The zero-order chi connectivity index (χ0) is 25.9. The van der Waals surface area contributed by atoms with Crippen LogP contribution in [0.1, 0.15) is 44.9 Å². The lowest BCUT2D eigenvalue weighted by Gasteiger charge is -2.62. The van der Waals surface area contributed by atoms with Gasteiger partial charge in [0.2, 0.25) is 9.45 Å². The fourth-order valence-electron chi connectivity index (χ4n) is 3.04. The van der Waals surface area contributed by atoms with Crippen molar-refractivity contribution in [1.29, 1.82) is 0 Å². The molecule has 0 aromatic rings.